The lowest BCUT2D eigenvalue weighted by atomic mass is 9.72. The fourth-order valence-corrected chi connectivity index (χ4v) is 12.0. The summed E-state index contributed by atoms with van der Waals surface area (Å²) in [5.74, 6) is 0.199. The van der Waals surface area contributed by atoms with Crippen LogP contribution >= 0.6 is 33.4 Å². The average Bonchev–Trinajstić information content (AvgIpc) is 3.77. The van der Waals surface area contributed by atoms with Crippen molar-refractivity contribution >= 4 is 60.9 Å². The van der Waals surface area contributed by atoms with E-state index in [-0.39, 0.29) is 28.9 Å². The third kappa shape index (κ3) is 5.55. The number of aryl methyl sites for hydroxylation is 1. The molecule has 3 aliphatic rings. The molecule has 1 N–H and O–H groups in total. The number of sulfonamides is 1. The maximum atomic E-state index is 14.7. The third-order valence-corrected chi connectivity index (χ3v) is 13.9. The van der Waals surface area contributed by atoms with Crippen LogP contribution in [0.15, 0.2) is 90.0 Å². The number of halogens is 1. The van der Waals surface area contributed by atoms with Gasteiger partial charge in [-0.25, -0.2) is 17.6 Å². The van der Waals surface area contributed by atoms with Crippen molar-refractivity contribution in [2.45, 2.75) is 47.3 Å². The Bertz CT molecular complexity index is 1980. The molecule has 3 aliphatic heterocycles. The number of carbonyl (C=O) groups is 2. The molecule has 4 heterocycles. The number of ether oxygens (including phenoxy) is 1. The van der Waals surface area contributed by atoms with Crippen molar-refractivity contribution in [1.29, 1.82) is 0 Å². The second-order valence-electron chi connectivity index (χ2n) is 12.3. The van der Waals surface area contributed by atoms with E-state index in [1.807, 2.05) is 42.6 Å². The van der Waals surface area contributed by atoms with Gasteiger partial charge in [0.2, 0.25) is 5.91 Å². The Labute approximate surface area is 297 Å². The molecular weight excluding hydrogens is 706 g/mol. The number of nitrogens with one attached hydrogen (secondary N) is 1. The van der Waals surface area contributed by atoms with Gasteiger partial charge in [-0.05, 0) is 53.2 Å². The molecule has 16 heteroatoms. The van der Waals surface area contributed by atoms with E-state index in [1.54, 1.807) is 66.1 Å². The molecule has 3 atom stereocenters. The lowest BCUT2D eigenvalue weighted by Crippen LogP contribution is -2.63. The van der Waals surface area contributed by atoms with Gasteiger partial charge >= 0.3 is 0 Å². The maximum Gasteiger partial charge on any atom is 0.266 e. The van der Waals surface area contributed by atoms with Crippen LogP contribution in [0.1, 0.15) is 29.7 Å². The van der Waals surface area contributed by atoms with E-state index >= 15 is 0 Å². The fourth-order valence-electron chi connectivity index (χ4n) is 7.14. The largest absolute Gasteiger partial charge is 0.494 e. The van der Waals surface area contributed by atoms with Crippen molar-refractivity contribution in [1.82, 2.24) is 29.6 Å². The van der Waals surface area contributed by atoms with Gasteiger partial charge < -0.3 is 9.64 Å². The summed E-state index contributed by atoms with van der Waals surface area (Å²) in [4.78, 5) is 32.6. The van der Waals surface area contributed by atoms with Crippen LogP contribution in [0.5, 0.6) is 5.75 Å². The molecule has 0 unspecified atom stereocenters. The van der Waals surface area contributed by atoms with Crippen LogP contribution in [0.4, 0.5) is 5.69 Å². The highest BCUT2D eigenvalue weighted by molar-refractivity contribution is 8.77. The zero-order chi connectivity index (χ0) is 34.4. The Morgan fingerprint density at radius 2 is 1.82 bits per heavy atom. The van der Waals surface area contributed by atoms with E-state index in [0.29, 0.717) is 37.6 Å². The smallest absolute Gasteiger partial charge is 0.266 e. The number of benzene rings is 3. The number of para-hydroxylation sites is 1. The minimum atomic E-state index is -4.19. The summed E-state index contributed by atoms with van der Waals surface area (Å²) in [6, 6.07) is 23.2. The molecule has 2 amide bonds. The standard InChI is InChI=1S/C33H34ClN7O5S3/c1-38(2)31(43)33-22-32(23-13-15-25(16-14-23)46-18-8-17-39-20-24(19-35-34)36-37-39)27-11-6-7-12-28(27)41(30(32)40(33)29(42)21-47-48-33)49(44,45)26-9-4-3-5-10-26/h3-7,9-16,20,30,35H,8,17-19,21-22H2,1-2H3/t30-,32-,33-/m0/s1. The highest BCUT2D eigenvalue weighted by Crippen LogP contribution is 2.66. The van der Waals surface area contributed by atoms with Gasteiger partial charge in [0.25, 0.3) is 15.9 Å². The van der Waals surface area contributed by atoms with Gasteiger partial charge in [-0.2, -0.15) is 0 Å². The Hall–Kier alpha value is -3.76. The second-order valence-corrected chi connectivity index (χ2v) is 16.9. The first-order chi connectivity index (χ1) is 23.6. The van der Waals surface area contributed by atoms with Crippen LogP contribution in [-0.2, 0) is 38.1 Å². The van der Waals surface area contributed by atoms with Crippen LogP contribution < -0.4 is 13.9 Å². The Balaban J connectivity index is 1.29. The van der Waals surface area contributed by atoms with Crippen molar-refractivity contribution in [3.63, 3.8) is 0 Å². The first-order valence-corrected chi connectivity index (χ1v) is 19.8. The van der Waals surface area contributed by atoms with Crippen LogP contribution in [0.25, 0.3) is 0 Å². The molecule has 0 saturated carbocycles. The monoisotopic (exact) mass is 739 g/mol. The van der Waals surface area contributed by atoms with E-state index in [0.717, 1.165) is 16.8 Å². The number of rotatable bonds is 11. The Kier molecular flexibility index (Phi) is 9.07. The quantitative estimate of drug-likeness (QED) is 0.136. The van der Waals surface area contributed by atoms with Crippen molar-refractivity contribution < 1.29 is 22.7 Å². The predicted molar refractivity (Wildman–Crippen MR) is 189 cm³/mol. The number of fused-ring (bicyclic) bond motifs is 5. The third-order valence-electron chi connectivity index (χ3n) is 9.13. The van der Waals surface area contributed by atoms with Crippen molar-refractivity contribution in [3.05, 3.63) is 102 Å². The van der Waals surface area contributed by atoms with Crippen molar-refractivity contribution in [2.75, 3.05) is 30.8 Å². The van der Waals surface area contributed by atoms with Crippen LogP contribution in [0, 0.1) is 0 Å². The molecule has 3 aromatic carbocycles. The Morgan fingerprint density at radius 3 is 2.55 bits per heavy atom. The summed E-state index contributed by atoms with van der Waals surface area (Å²) >= 11 is 5.56. The Morgan fingerprint density at radius 1 is 1.08 bits per heavy atom. The number of hydrogen-bond donors (Lipinski definition) is 1. The molecule has 2 fully saturated rings. The SMILES string of the molecule is CN(C)C(=O)[C@@]12C[C@]3(c4ccc(OCCCn5cc(CNCl)nn5)cc4)c4ccccc4N(S(=O)(=O)c4ccccc4)[C@@H]3N1C(=O)CSS2. The van der Waals surface area contributed by atoms with Crippen LogP contribution in [0.3, 0.4) is 0 Å². The number of nitrogens with zero attached hydrogens (tertiary/aromatic N) is 6. The number of amides is 2. The minimum absolute atomic E-state index is 0.102. The van der Waals surface area contributed by atoms with Gasteiger partial charge in [0.15, 0.2) is 4.87 Å². The average molecular weight is 740 g/mol. The topological polar surface area (TPSA) is 130 Å². The first kappa shape index (κ1) is 33.7. The molecule has 49 heavy (non-hydrogen) atoms. The molecule has 1 aromatic heterocycles. The van der Waals surface area contributed by atoms with Crippen LogP contribution in [-0.4, -0.2) is 82.5 Å². The molecule has 0 aliphatic carbocycles. The summed E-state index contributed by atoms with van der Waals surface area (Å²) in [6.07, 6.45) is 1.66. The predicted octanol–water partition coefficient (Wildman–Crippen LogP) is 4.22. The van der Waals surface area contributed by atoms with Gasteiger partial charge in [0.1, 0.15) is 11.9 Å². The highest BCUT2D eigenvalue weighted by atomic mass is 35.5. The number of aromatic nitrogens is 3. The lowest BCUT2D eigenvalue weighted by Gasteiger charge is -2.44. The van der Waals surface area contributed by atoms with E-state index in [4.69, 9.17) is 16.5 Å². The van der Waals surface area contributed by atoms with E-state index < -0.39 is 26.5 Å². The summed E-state index contributed by atoms with van der Waals surface area (Å²) in [7, 11) is 1.80. The van der Waals surface area contributed by atoms with Gasteiger partial charge in [-0.3, -0.25) is 19.2 Å². The summed E-state index contributed by atoms with van der Waals surface area (Å²) in [5.41, 5.74) is 1.67. The number of likely N-dealkylation sites (N-methyl/N-ethyl adjacent to an activating group) is 1. The van der Waals surface area contributed by atoms with Crippen molar-refractivity contribution in [2.24, 2.45) is 0 Å². The zero-order valence-electron chi connectivity index (χ0n) is 26.7. The van der Waals surface area contributed by atoms with E-state index in [1.165, 1.54) is 30.8 Å². The second kappa shape index (κ2) is 13.2. The lowest BCUT2D eigenvalue weighted by molar-refractivity contribution is -0.144. The van der Waals surface area contributed by atoms with Gasteiger partial charge in [-0.1, -0.05) is 75.3 Å². The molecule has 12 nitrogen and oxygen atoms in total. The summed E-state index contributed by atoms with van der Waals surface area (Å²) < 4.78 is 38.6. The maximum absolute atomic E-state index is 14.7. The molecule has 2 saturated heterocycles. The highest BCUT2D eigenvalue weighted by Gasteiger charge is 2.73. The molecule has 7 rings (SSSR count). The zero-order valence-corrected chi connectivity index (χ0v) is 29.9. The first-order valence-electron chi connectivity index (χ1n) is 15.6. The van der Waals surface area contributed by atoms with E-state index in [2.05, 4.69) is 15.1 Å². The summed E-state index contributed by atoms with van der Waals surface area (Å²) in [6.45, 7) is 1.46. The molecule has 0 bridgehead atoms. The van der Waals surface area contributed by atoms with E-state index in [9.17, 15) is 18.0 Å². The molecule has 256 valence electrons. The molecule has 0 spiro atoms. The summed E-state index contributed by atoms with van der Waals surface area (Å²) in [5, 5.41) is 8.16. The number of anilines is 1. The van der Waals surface area contributed by atoms with Crippen molar-refractivity contribution in [3.8, 4) is 5.75 Å². The number of hydrogen-bond acceptors (Lipinski definition) is 10. The molecule has 4 aromatic rings. The molecular formula is C33H34ClN7O5S3. The van der Waals surface area contributed by atoms with Gasteiger partial charge in [-0.15, -0.1) is 5.10 Å². The molecule has 0 radical (unpaired) electrons. The van der Waals surface area contributed by atoms with Gasteiger partial charge in [0, 0.05) is 39.7 Å². The fraction of sp³-hybridized carbons (Fsp3) is 0.333. The van der Waals surface area contributed by atoms with Gasteiger partial charge in [0.05, 0.1) is 40.6 Å². The number of carbonyl (C=O) groups excluding carboxylic acids is 2. The minimum Gasteiger partial charge on any atom is -0.494 e. The normalized spacial score (nSPS) is 22.8. The van der Waals surface area contributed by atoms with Crippen LogP contribution in [0.2, 0.25) is 0 Å².